The van der Waals surface area contributed by atoms with E-state index in [1.807, 2.05) is 0 Å². The van der Waals surface area contributed by atoms with Crippen LogP contribution in [0, 0.1) is 0 Å². The molecular formula is C11H14N2O4. The molecule has 1 amide bonds. The van der Waals surface area contributed by atoms with E-state index in [1.165, 1.54) is 19.4 Å². The second-order valence-corrected chi connectivity index (χ2v) is 3.45. The van der Waals surface area contributed by atoms with Gasteiger partial charge < -0.3 is 15.2 Å². The van der Waals surface area contributed by atoms with Gasteiger partial charge in [-0.05, 0) is 18.6 Å². The lowest BCUT2D eigenvalue weighted by Crippen LogP contribution is -2.33. The highest BCUT2D eigenvalue weighted by Crippen LogP contribution is 2.00. The monoisotopic (exact) mass is 238 g/mol. The van der Waals surface area contributed by atoms with Crippen molar-refractivity contribution >= 4 is 11.9 Å². The zero-order chi connectivity index (χ0) is 12.8. The molecule has 0 aromatic carbocycles. The average Bonchev–Trinajstić information content (AvgIpc) is 2.35. The first-order chi connectivity index (χ1) is 8.04. The van der Waals surface area contributed by atoms with Gasteiger partial charge in [-0.3, -0.25) is 4.79 Å². The number of hydrogen-bond acceptors (Lipinski definition) is 4. The predicted molar refractivity (Wildman–Crippen MR) is 59.5 cm³/mol. The first-order valence-electron chi connectivity index (χ1n) is 5.03. The number of methoxy groups -OCH3 is 1. The maximum Gasteiger partial charge on any atom is 0.354 e. The second kappa shape index (κ2) is 5.95. The number of nitrogens with zero attached hydrogens (tertiary/aromatic N) is 1. The summed E-state index contributed by atoms with van der Waals surface area (Å²) in [6.45, 7) is 1.93. The highest BCUT2D eigenvalue weighted by Gasteiger charge is 2.10. The van der Waals surface area contributed by atoms with Crippen molar-refractivity contribution in [3.8, 4) is 0 Å². The Morgan fingerprint density at radius 2 is 2.24 bits per heavy atom. The van der Waals surface area contributed by atoms with E-state index in [4.69, 9.17) is 9.84 Å². The number of carbonyl (C=O) groups excluding carboxylic acids is 1. The van der Waals surface area contributed by atoms with Gasteiger partial charge in [0, 0.05) is 19.9 Å². The maximum atomic E-state index is 11.4. The highest BCUT2D eigenvalue weighted by atomic mass is 16.5. The Kier molecular flexibility index (Phi) is 4.59. The summed E-state index contributed by atoms with van der Waals surface area (Å²) in [6.07, 6.45) is 0.905. The molecule has 0 aliphatic rings. The minimum atomic E-state index is -1.08. The lowest BCUT2D eigenvalue weighted by atomic mass is 10.2. The van der Waals surface area contributed by atoms with Gasteiger partial charge in [0.05, 0.1) is 0 Å². The van der Waals surface area contributed by atoms with Crippen LogP contribution in [-0.4, -0.2) is 35.2 Å². The number of rotatable bonds is 5. The summed E-state index contributed by atoms with van der Waals surface area (Å²) in [4.78, 5) is 25.7. The smallest absolute Gasteiger partial charge is 0.354 e. The number of hydrogen-bond donors (Lipinski definition) is 2. The Labute approximate surface area is 98.6 Å². The third-order valence-electron chi connectivity index (χ3n) is 2.23. The van der Waals surface area contributed by atoms with Crippen molar-refractivity contribution in [3.63, 3.8) is 0 Å². The van der Waals surface area contributed by atoms with E-state index in [0.717, 1.165) is 5.56 Å². The van der Waals surface area contributed by atoms with Crippen molar-refractivity contribution in [1.82, 2.24) is 10.3 Å². The van der Waals surface area contributed by atoms with E-state index in [2.05, 4.69) is 10.3 Å². The Bertz CT molecular complexity index is 402. The van der Waals surface area contributed by atoms with Gasteiger partial charge >= 0.3 is 5.97 Å². The number of nitrogens with one attached hydrogen (secondary N) is 1. The number of carboxylic acid groups (broad SMARTS) is 1. The van der Waals surface area contributed by atoms with Crippen LogP contribution in [0.15, 0.2) is 18.3 Å². The minimum absolute atomic E-state index is 0.0228. The van der Waals surface area contributed by atoms with Crippen molar-refractivity contribution < 1.29 is 19.4 Å². The summed E-state index contributed by atoms with van der Waals surface area (Å²) in [5.74, 6) is -1.30. The molecule has 2 N–H and O–H groups in total. The van der Waals surface area contributed by atoms with Crippen LogP contribution in [0.1, 0.15) is 23.0 Å². The Hall–Kier alpha value is -1.95. The van der Waals surface area contributed by atoms with Crippen LogP contribution in [0.25, 0.3) is 0 Å². The quantitative estimate of drug-likeness (QED) is 0.776. The number of aromatic nitrogens is 1. The molecule has 17 heavy (non-hydrogen) atoms. The van der Waals surface area contributed by atoms with Gasteiger partial charge in [0.1, 0.15) is 11.8 Å². The van der Waals surface area contributed by atoms with E-state index in [-0.39, 0.29) is 11.6 Å². The van der Waals surface area contributed by atoms with Crippen molar-refractivity contribution in [2.45, 2.75) is 19.6 Å². The largest absolute Gasteiger partial charge is 0.477 e. The van der Waals surface area contributed by atoms with Crippen LogP contribution in [-0.2, 0) is 16.1 Å². The number of carboxylic acids is 1. The average molecular weight is 238 g/mol. The molecule has 0 radical (unpaired) electrons. The fourth-order valence-electron chi connectivity index (χ4n) is 1.10. The molecule has 1 unspecified atom stereocenters. The molecule has 0 fully saturated rings. The van der Waals surface area contributed by atoms with Crippen LogP contribution in [0.5, 0.6) is 0 Å². The number of ether oxygens (including phenoxy) is 1. The minimum Gasteiger partial charge on any atom is -0.477 e. The molecule has 1 aromatic heterocycles. The molecule has 0 saturated carbocycles. The first-order valence-corrected chi connectivity index (χ1v) is 5.03. The van der Waals surface area contributed by atoms with E-state index < -0.39 is 12.1 Å². The van der Waals surface area contributed by atoms with Crippen molar-refractivity contribution in [3.05, 3.63) is 29.6 Å². The molecule has 1 heterocycles. The molecule has 0 aliphatic heterocycles. The fourth-order valence-corrected chi connectivity index (χ4v) is 1.10. The molecule has 0 bridgehead atoms. The van der Waals surface area contributed by atoms with Crippen molar-refractivity contribution in [1.29, 1.82) is 0 Å². The SMILES string of the molecule is COC(C)C(=O)NCc1ccc(C(=O)O)nc1. The summed E-state index contributed by atoms with van der Waals surface area (Å²) in [5, 5.41) is 11.3. The number of amides is 1. The van der Waals surface area contributed by atoms with E-state index in [9.17, 15) is 9.59 Å². The number of carbonyl (C=O) groups is 2. The highest BCUT2D eigenvalue weighted by molar-refractivity contribution is 5.85. The normalized spacial score (nSPS) is 11.9. The molecular weight excluding hydrogens is 224 g/mol. The molecule has 1 atom stereocenters. The van der Waals surface area contributed by atoms with Crippen LogP contribution in [0.4, 0.5) is 0 Å². The van der Waals surface area contributed by atoms with Gasteiger partial charge in [-0.15, -0.1) is 0 Å². The summed E-state index contributed by atoms with van der Waals surface area (Å²) in [7, 11) is 1.45. The topological polar surface area (TPSA) is 88.5 Å². The summed E-state index contributed by atoms with van der Waals surface area (Å²) in [5.41, 5.74) is 0.706. The Morgan fingerprint density at radius 1 is 1.53 bits per heavy atom. The van der Waals surface area contributed by atoms with Crippen LogP contribution in [0.2, 0.25) is 0 Å². The molecule has 1 rings (SSSR count). The molecule has 0 aliphatic carbocycles. The summed E-state index contributed by atoms with van der Waals surface area (Å²) >= 11 is 0. The zero-order valence-electron chi connectivity index (χ0n) is 9.64. The maximum absolute atomic E-state index is 11.4. The van der Waals surface area contributed by atoms with Gasteiger partial charge in [0.25, 0.3) is 0 Å². The third kappa shape index (κ3) is 3.84. The lowest BCUT2D eigenvalue weighted by Gasteiger charge is -2.10. The van der Waals surface area contributed by atoms with Crippen LogP contribution >= 0.6 is 0 Å². The van der Waals surface area contributed by atoms with Gasteiger partial charge in [-0.2, -0.15) is 0 Å². The van der Waals surface area contributed by atoms with Gasteiger partial charge in [0.15, 0.2) is 0 Å². The molecule has 0 spiro atoms. The van der Waals surface area contributed by atoms with Crippen molar-refractivity contribution in [2.75, 3.05) is 7.11 Å². The molecule has 0 saturated heterocycles. The number of pyridine rings is 1. The summed E-state index contributed by atoms with van der Waals surface area (Å²) in [6, 6.07) is 3.00. The molecule has 6 heteroatoms. The van der Waals surface area contributed by atoms with E-state index >= 15 is 0 Å². The van der Waals surface area contributed by atoms with Crippen LogP contribution < -0.4 is 5.32 Å². The summed E-state index contributed by atoms with van der Waals surface area (Å²) < 4.78 is 4.85. The standard InChI is InChI=1S/C11H14N2O4/c1-7(17-2)10(14)13-6-8-3-4-9(11(15)16)12-5-8/h3-5,7H,6H2,1-2H3,(H,13,14)(H,15,16). The predicted octanol–water partition coefficient (Wildman–Crippen LogP) is 0.431. The Morgan fingerprint density at radius 3 is 2.71 bits per heavy atom. The van der Waals surface area contributed by atoms with Gasteiger partial charge in [-0.25, -0.2) is 9.78 Å². The van der Waals surface area contributed by atoms with Gasteiger partial charge in [-0.1, -0.05) is 6.07 Å². The lowest BCUT2D eigenvalue weighted by molar-refractivity contribution is -0.130. The van der Waals surface area contributed by atoms with E-state index in [0.29, 0.717) is 6.54 Å². The third-order valence-corrected chi connectivity index (χ3v) is 2.23. The molecule has 1 aromatic rings. The van der Waals surface area contributed by atoms with Gasteiger partial charge in [0.2, 0.25) is 5.91 Å². The zero-order valence-corrected chi connectivity index (χ0v) is 9.64. The molecule has 92 valence electrons. The molecule has 6 nitrogen and oxygen atoms in total. The Balaban J connectivity index is 2.53. The fraction of sp³-hybridized carbons (Fsp3) is 0.364. The van der Waals surface area contributed by atoms with Crippen molar-refractivity contribution in [2.24, 2.45) is 0 Å². The number of aromatic carboxylic acids is 1. The van der Waals surface area contributed by atoms with Crippen LogP contribution in [0.3, 0.4) is 0 Å². The van der Waals surface area contributed by atoms with E-state index in [1.54, 1.807) is 13.0 Å². The first kappa shape index (κ1) is 13.1. The second-order valence-electron chi connectivity index (χ2n) is 3.45.